The van der Waals surface area contributed by atoms with E-state index in [0.717, 1.165) is 12.1 Å². The van der Waals surface area contributed by atoms with Gasteiger partial charge >= 0.3 is 0 Å². The maximum Gasteiger partial charge on any atom is 0.00696 e. The minimum Gasteiger partial charge on any atom is -0.311 e. The van der Waals surface area contributed by atoms with Crippen molar-refractivity contribution < 1.29 is 0 Å². The minimum absolute atomic E-state index is 0.883. The second kappa shape index (κ2) is 3.57. The molecule has 0 saturated carbocycles. The second-order valence-electron chi connectivity index (χ2n) is 4.13. The Balaban J connectivity index is 1.90. The molecule has 2 atom stereocenters. The van der Waals surface area contributed by atoms with E-state index in [1.54, 1.807) is 0 Å². The average Bonchev–Trinajstić information content (AvgIpc) is 2.02. The monoisotopic (exact) mass is 153 g/mol. The van der Waals surface area contributed by atoms with Gasteiger partial charge in [0.1, 0.15) is 0 Å². The highest BCUT2D eigenvalue weighted by Crippen LogP contribution is 2.23. The molecule has 2 bridgehead atoms. The Kier molecular flexibility index (Phi) is 2.47. The quantitative estimate of drug-likeness (QED) is 0.563. The highest BCUT2D eigenvalue weighted by atomic mass is 15.0. The molecule has 0 radical (unpaired) electrons. The summed E-state index contributed by atoms with van der Waals surface area (Å²) in [5.74, 6) is 0. The van der Waals surface area contributed by atoms with Crippen LogP contribution in [0.15, 0.2) is 0 Å². The van der Waals surface area contributed by atoms with Crippen LogP contribution in [-0.2, 0) is 0 Å². The van der Waals surface area contributed by atoms with Crippen LogP contribution >= 0.6 is 0 Å². The lowest BCUT2D eigenvalue weighted by molar-refractivity contribution is 0.268. The summed E-state index contributed by atoms with van der Waals surface area (Å²) in [7, 11) is 0. The molecule has 2 saturated heterocycles. The summed E-state index contributed by atoms with van der Waals surface area (Å²) in [4.78, 5) is 0. The molecule has 2 heterocycles. The molecule has 0 aliphatic carbocycles. The Bertz CT molecular complexity index is 110. The number of hydrogen-bond donors (Lipinski definition) is 1. The van der Waals surface area contributed by atoms with Gasteiger partial charge in [0.2, 0.25) is 0 Å². The van der Waals surface area contributed by atoms with Crippen LogP contribution < -0.4 is 5.32 Å². The van der Waals surface area contributed by atoms with Gasteiger partial charge in [-0.3, -0.25) is 0 Å². The SMILES string of the molecule is C1CCC2CCCC(CC1)N2. The van der Waals surface area contributed by atoms with Gasteiger partial charge in [0, 0.05) is 12.1 Å². The number of piperidine rings is 1. The Morgan fingerprint density at radius 2 is 1.18 bits per heavy atom. The van der Waals surface area contributed by atoms with E-state index < -0.39 is 0 Å². The molecule has 0 spiro atoms. The van der Waals surface area contributed by atoms with Crippen molar-refractivity contribution in [1.29, 1.82) is 0 Å². The zero-order valence-corrected chi connectivity index (χ0v) is 7.31. The minimum atomic E-state index is 0.883. The Morgan fingerprint density at radius 1 is 0.636 bits per heavy atom. The third-order valence-corrected chi connectivity index (χ3v) is 3.18. The summed E-state index contributed by atoms with van der Waals surface area (Å²) in [6.07, 6.45) is 11.6. The largest absolute Gasteiger partial charge is 0.311 e. The van der Waals surface area contributed by atoms with Crippen LogP contribution in [0.2, 0.25) is 0 Å². The molecular formula is C10H19N. The van der Waals surface area contributed by atoms with E-state index in [0.29, 0.717) is 0 Å². The van der Waals surface area contributed by atoms with Gasteiger partial charge in [-0.1, -0.05) is 25.7 Å². The molecule has 2 aliphatic heterocycles. The van der Waals surface area contributed by atoms with Crippen molar-refractivity contribution in [3.8, 4) is 0 Å². The zero-order valence-electron chi connectivity index (χ0n) is 7.31. The maximum atomic E-state index is 3.76. The normalized spacial score (nSPS) is 39.3. The van der Waals surface area contributed by atoms with Gasteiger partial charge in [0.15, 0.2) is 0 Å². The van der Waals surface area contributed by atoms with Crippen molar-refractivity contribution in [2.75, 3.05) is 0 Å². The average molecular weight is 153 g/mol. The first-order valence-electron chi connectivity index (χ1n) is 5.21. The van der Waals surface area contributed by atoms with Crippen molar-refractivity contribution in [3.63, 3.8) is 0 Å². The van der Waals surface area contributed by atoms with Crippen LogP contribution in [0.5, 0.6) is 0 Å². The molecule has 0 aromatic carbocycles. The number of nitrogens with one attached hydrogen (secondary N) is 1. The lowest BCUT2D eigenvalue weighted by atomic mass is 9.89. The molecule has 11 heavy (non-hydrogen) atoms. The lowest BCUT2D eigenvalue weighted by Gasteiger charge is -2.33. The van der Waals surface area contributed by atoms with Gasteiger partial charge in [-0.2, -0.15) is 0 Å². The molecule has 1 nitrogen and oxygen atoms in total. The predicted molar refractivity (Wildman–Crippen MR) is 47.6 cm³/mol. The van der Waals surface area contributed by atoms with Crippen LogP contribution in [0.1, 0.15) is 51.4 Å². The van der Waals surface area contributed by atoms with Crippen molar-refractivity contribution in [2.45, 2.75) is 63.5 Å². The fourth-order valence-corrected chi connectivity index (χ4v) is 2.52. The van der Waals surface area contributed by atoms with Crippen molar-refractivity contribution in [1.82, 2.24) is 5.32 Å². The summed E-state index contributed by atoms with van der Waals surface area (Å²) < 4.78 is 0. The first kappa shape index (κ1) is 7.60. The number of fused-ring (bicyclic) bond motifs is 2. The molecule has 2 rings (SSSR count). The van der Waals surface area contributed by atoms with E-state index in [9.17, 15) is 0 Å². The zero-order chi connectivity index (χ0) is 7.52. The molecule has 0 aromatic rings. The summed E-state index contributed by atoms with van der Waals surface area (Å²) in [5, 5.41) is 3.76. The summed E-state index contributed by atoms with van der Waals surface area (Å²) in [5.41, 5.74) is 0. The molecule has 2 unspecified atom stereocenters. The molecule has 64 valence electrons. The smallest absolute Gasteiger partial charge is 0.00696 e. The molecule has 2 aliphatic rings. The molecule has 2 fully saturated rings. The highest BCUT2D eigenvalue weighted by Gasteiger charge is 2.21. The van der Waals surface area contributed by atoms with E-state index in [-0.39, 0.29) is 0 Å². The highest BCUT2D eigenvalue weighted by molar-refractivity contribution is 4.81. The van der Waals surface area contributed by atoms with Crippen LogP contribution in [-0.4, -0.2) is 12.1 Å². The van der Waals surface area contributed by atoms with Crippen molar-refractivity contribution in [3.05, 3.63) is 0 Å². The molecule has 0 amide bonds. The fourth-order valence-electron chi connectivity index (χ4n) is 2.52. The molecule has 1 N–H and O–H groups in total. The summed E-state index contributed by atoms with van der Waals surface area (Å²) >= 11 is 0. The van der Waals surface area contributed by atoms with Crippen LogP contribution in [0.25, 0.3) is 0 Å². The topological polar surface area (TPSA) is 12.0 Å². The molecule has 0 aromatic heterocycles. The van der Waals surface area contributed by atoms with Crippen LogP contribution in [0.3, 0.4) is 0 Å². The Hall–Kier alpha value is -0.0400. The van der Waals surface area contributed by atoms with Gasteiger partial charge in [0.25, 0.3) is 0 Å². The third-order valence-electron chi connectivity index (χ3n) is 3.18. The second-order valence-corrected chi connectivity index (χ2v) is 4.13. The maximum absolute atomic E-state index is 3.76. The Labute approximate surface area is 69.6 Å². The Morgan fingerprint density at radius 3 is 1.82 bits per heavy atom. The van der Waals surface area contributed by atoms with Gasteiger partial charge in [-0.05, 0) is 25.7 Å². The fraction of sp³-hybridized carbons (Fsp3) is 1.00. The van der Waals surface area contributed by atoms with Gasteiger partial charge < -0.3 is 5.32 Å². The predicted octanol–water partition coefficient (Wildman–Crippen LogP) is 2.46. The van der Waals surface area contributed by atoms with Crippen molar-refractivity contribution >= 4 is 0 Å². The van der Waals surface area contributed by atoms with Crippen molar-refractivity contribution in [2.24, 2.45) is 0 Å². The van der Waals surface area contributed by atoms with Crippen LogP contribution in [0, 0.1) is 0 Å². The van der Waals surface area contributed by atoms with Crippen LogP contribution in [0.4, 0.5) is 0 Å². The van der Waals surface area contributed by atoms with E-state index in [1.165, 1.54) is 51.4 Å². The van der Waals surface area contributed by atoms with Gasteiger partial charge in [0.05, 0.1) is 0 Å². The third kappa shape index (κ3) is 1.96. The summed E-state index contributed by atoms with van der Waals surface area (Å²) in [6.45, 7) is 0. The number of hydrogen-bond acceptors (Lipinski definition) is 1. The van der Waals surface area contributed by atoms with E-state index in [2.05, 4.69) is 5.32 Å². The molecule has 1 heteroatoms. The standard InChI is InChI=1S/C10H19N/c1-2-5-9-7-4-8-10(11-9)6-3-1/h9-11H,1-8H2. The first-order valence-corrected chi connectivity index (χ1v) is 5.21. The van der Waals surface area contributed by atoms with E-state index in [1.807, 2.05) is 0 Å². The van der Waals surface area contributed by atoms with Gasteiger partial charge in [-0.15, -0.1) is 0 Å². The molecular weight excluding hydrogens is 134 g/mol. The summed E-state index contributed by atoms with van der Waals surface area (Å²) in [6, 6.07) is 1.77. The van der Waals surface area contributed by atoms with E-state index >= 15 is 0 Å². The first-order chi connectivity index (χ1) is 5.45. The van der Waals surface area contributed by atoms with Gasteiger partial charge in [-0.25, -0.2) is 0 Å². The lowest BCUT2D eigenvalue weighted by Crippen LogP contribution is -2.42. The number of rotatable bonds is 0. The van der Waals surface area contributed by atoms with E-state index in [4.69, 9.17) is 0 Å².